The van der Waals surface area contributed by atoms with Gasteiger partial charge in [0.05, 0.1) is 6.61 Å². The molecule has 1 fully saturated rings. The highest BCUT2D eigenvalue weighted by Crippen LogP contribution is 2.34. The Morgan fingerprint density at radius 3 is 2.46 bits per heavy atom. The van der Waals surface area contributed by atoms with Gasteiger partial charge in [0.1, 0.15) is 0 Å². The summed E-state index contributed by atoms with van der Waals surface area (Å²) in [7, 11) is 0. The highest BCUT2D eigenvalue weighted by Gasteiger charge is 2.19. The topological polar surface area (TPSA) is 26.7 Å². The van der Waals surface area contributed by atoms with Gasteiger partial charge in [-0.3, -0.25) is 4.90 Å². The Hall–Kier alpha value is -1.88. The van der Waals surface area contributed by atoms with E-state index >= 15 is 0 Å². The molecule has 1 aliphatic rings. The molecule has 124 valence electrons. The molecule has 0 saturated carbocycles. The zero-order chi connectivity index (χ0) is 16.4. The Labute approximate surface area is 146 Å². The number of hydrogen-bond acceptors (Lipinski definition) is 4. The van der Waals surface area contributed by atoms with E-state index in [-0.39, 0.29) is 6.61 Å². The molecule has 1 aromatic heterocycles. The molecule has 0 atom stereocenters. The lowest BCUT2D eigenvalue weighted by Crippen LogP contribution is -2.46. The molecule has 4 rings (SSSR count). The smallest absolute Gasteiger partial charge is 0.0774 e. The van der Waals surface area contributed by atoms with E-state index in [2.05, 4.69) is 64.4 Å². The van der Waals surface area contributed by atoms with Crippen molar-refractivity contribution in [2.24, 2.45) is 0 Å². The second-order valence-corrected chi connectivity index (χ2v) is 7.48. The molecular formula is C20H22N2OS. The van der Waals surface area contributed by atoms with E-state index in [1.165, 1.54) is 21.3 Å². The van der Waals surface area contributed by atoms with Crippen molar-refractivity contribution in [1.82, 2.24) is 4.90 Å². The van der Waals surface area contributed by atoms with Crippen molar-refractivity contribution in [1.29, 1.82) is 0 Å². The fraction of sp³-hybridized carbons (Fsp3) is 0.300. The van der Waals surface area contributed by atoms with Gasteiger partial charge in [0.25, 0.3) is 0 Å². The predicted molar refractivity (Wildman–Crippen MR) is 102 cm³/mol. The van der Waals surface area contributed by atoms with Crippen LogP contribution in [0.15, 0.2) is 54.6 Å². The van der Waals surface area contributed by atoms with Gasteiger partial charge >= 0.3 is 0 Å². The molecule has 0 spiro atoms. The maximum Gasteiger partial charge on any atom is 0.0774 e. The van der Waals surface area contributed by atoms with Crippen LogP contribution < -0.4 is 4.90 Å². The molecule has 0 bridgehead atoms. The first-order chi connectivity index (χ1) is 11.8. The van der Waals surface area contributed by atoms with Gasteiger partial charge in [-0.25, -0.2) is 0 Å². The van der Waals surface area contributed by atoms with Crippen LogP contribution in [0.4, 0.5) is 5.69 Å². The first-order valence-corrected chi connectivity index (χ1v) is 9.28. The molecule has 1 N–H and O–H groups in total. The third kappa shape index (κ3) is 3.18. The number of nitrogens with zero attached hydrogens (tertiary/aromatic N) is 2. The van der Waals surface area contributed by atoms with Crippen LogP contribution in [0.5, 0.6) is 0 Å². The zero-order valence-corrected chi connectivity index (χ0v) is 14.5. The third-order valence-corrected chi connectivity index (χ3v) is 5.79. The first kappa shape index (κ1) is 15.6. The van der Waals surface area contributed by atoms with Crippen molar-refractivity contribution in [3.05, 3.63) is 65.0 Å². The average Bonchev–Trinajstić information content (AvgIpc) is 3.07. The Bertz CT molecular complexity index is 807. The van der Waals surface area contributed by atoms with Gasteiger partial charge in [-0.15, -0.1) is 11.3 Å². The van der Waals surface area contributed by atoms with Gasteiger partial charge in [0.15, 0.2) is 0 Å². The lowest BCUT2D eigenvalue weighted by molar-refractivity contribution is 0.250. The van der Waals surface area contributed by atoms with Crippen LogP contribution in [0.1, 0.15) is 10.4 Å². The van der Waals surface area contributed by atoms with E-state index in [1.54, 1.807) is 11.3 Å². The Morgan fingerprint density at radius 2 is 1.71 bits per heavy atom. The van der Waals surface area contributed by atoms with E-state index in [0.717, 1.165) is 37.6 Å². The van der Waals surface area contributed by atoms with Crippen LogP contribution in [-0.2, 0) is 13.2 Å². The van der Waals surface area contributed by atoms with Gasteiger partial charge in [-0.1, -0.05) is 36.4 Å². The van der Waals surface area contributed by atoms with Crippen molar-refractivity contribution in [3.8, 4) is 0 Å². The normalized spacial score (nSPS) is 16.0. The lowest BCUT2D eigenvalue weighted by Gasteiger charge is -2.36. The summed E-state index contributed by atoms with van der Waals surface area (Å²) in [6.07, 6.45) is 0. The van der Waals surface area contributed by atoms with Crippen LogP contribution in [0.3, 0.4) is 0 Å². The molecular weight excluding hydrogens is 316 g/mol. The number of hydrogen-bond donors (Lipinski definition) is 1. The van der Waals surface area contributed by atoms with Crippen LogP contribution in [-0.4, -0.2) is 36.2 Å². The molecule has 3 aromatic rings. The number of aliphatic hydroxyl groups is 1. The van der Waals surface area contributed by atoms with Crippen molar-refractivity contribution >= 4 is 27.1 Å². The minimum atomic E-state index is 0.129. The van der Waals surface area contributed by atoms with Crippen LogP contribution in [0, 0.1) is 0 Å². The SMILES string of the molecule is OCc1cc2c(N3CCN(Cc4ccccc4)CC3)cccc2s1. The Kier molecular flexibility index (Phi) is 4.52. The molecule has 0 amide bonds. The van der Waals surface area contributed by atoms with Gasteiger partial charge in [0, 0.05) is 53.4 Å². The fourth-order valence-corrected chi connectivity index (χ4v) is 4.38. The number of piperazine rings is 1. The van der Waals surface area contributed by atoms with Gasteiger partial charge in [0.2, 0.25) is 0 Å². The summed E-state index contributed by atoms with van der Waals surface area (Å²) in [4.78, 5) is 6.05. The number of aliphatic hydroxyl groups excluding tert-OH is 1. The van der Waals surface area contributed by atoms with E-state index in [1.807, 2.05) is 0 Å². The van der Waals surface area contributed by atoms with Crippen molar-refractivity contribution < 1.29 is 5.11 Å². The van der Waals surface area contributed by atoms with Gasteiger partial charge in [-0.05, 0) is 23.8 Å². The molecule has 24 heavy (non-hydrogen) atoms. The maximum absolute atomic E-state index is 9.40. The highest BCUT2D eigenvalue weighted by atomic mass is 32.1. The van der Waals surface area contributed by atoms with Crippen molar-refractivity contribution in [2.45, 2.75) is 13.2 Å². The first-order valence-electron chi connectivity index (χ1n) is 8.47. The predicted octanol–water partition coefficient (Wildman–Crippen LogP) is 3.72. The maximum atomic E-state index is 9.40. The number of benzene rings is 2. The third-order valence-electron chi connectivity index (χ3n) is 4.71. The van der Waals surface area contributed by atoms with Gasteiger partial charge < -0.3 is 10.0 Å². The number of anilines is 1. The molecule has 2 heterocycles. The lowest BCUT2D eigenvalue weighted by atomic mass is 10.1. The second kappa shape index (κ2) is 6.93. The zero-order valence-electron chi connectivity index (χ0n) is 13.7. The average molecular weight is 338 g/mol. The molecule has 1 aliphatic heterocycles. The molecule has 0 unspecified atom stereocenters. The highest BCUT2D eigenvalue weighted by molar-refractivity contribution is 7.19. The summed E-state index contributed by atoms with van der Waals surface area (Å²) in [5, 5.41) is 10.7. The molecule has 4 heteroatoms. The Balaban J connectivity index is 1.47. The largest absolute Gasteiger partial charge is 0.391 e. The standard InChI is InChI=1S/C20H22N2OS/c23-15-17-13-18-19(7-4-8-20(18)24-17)22-11-9-21(10-12-22)14-16-5-2-1-3-6-16/h1-8,13,23H,9-12,14-15H2. The summed E-state index contributed by atoms with van der Waals surface area (Å²) in [6.45, 7) is 5.44. The van der Waals surface area contributed by atoms with E-state index < -0.39 is 0 Å². The number of fused-ring (bicyclic) bond motifs is 1. The summed E-state index contributed by atoms with van der Waals surface area (Å²) in [5.74, 6) is 0. The Morgan fingerprint density at radius 1 is 0.917 bits per heavy atom. The van der Waals surface area contributed by atoms with Crippen LogP contribution in [0.2, 0.25) is 0 Å². The minimum absolute atomic E-state index is 0.129. The minimum Gasteiger partial charge on any atom is -0.391 e. The molecule has 0 radical (unpaired) electrons. The van der Waals surface area contributed by atoms with Crippen molar-refractivity contribution in [2.75, 3.05) is 31.1 Å². The number of thiophene rings is 1. The van der Waals surface area contributed by atoms with Crippen molar-refractivity contribution in [3.63, 3.8) is 0 Å². The molecule has 1 saturated heterocycles. The van der Waals surface area contributed by atoms with Gasteiger partial charge in [-0.2, -0.15) is 0 Å². The number of rotatable bonds is 4. The summed E-state index contributed by atoms with van der Waals surface area (Å²) in [5.41, 5.74) is 2.70. The monoisotopic (exact) mass is 338 g/mol. The van der Waals surface area contributed by atoms with E-state index in [0.29, 0.717) is 0 Å². The summed E-state index contributed by atoms with van der Waals surface area (Å²) in [6, 6.07) is 19.3. The summed E-state index contributed by atoms with van der Waals surface area (Å²) >= 11 is 1.69. The van der Waals surface area contributed by atoms with Crippen LogP contribution >= 0.6 is 11.3 Å². The molecule has 2 aromatic carbocycles. The molecule has 3 nitrogen and oxygen atoms in total. The fourth-order valence-electron chi connectivity index (χ4n) is 3.44. The second-order valence-electron chi connectivity index (χ2n) is 6.31. The van der Waals surface area contributed by atoms with E-state index in [9.17, 15) is 5.11 Å². The van der Waals surface area contributed by atoms with E-state index in [4.69, 9.17) is 0 Å². The molecule has 0 aliphatic carbocycles. The quantitative estimate of drug-likeness (QED) is 0.785. The summed E-state index contributed by atoms with van der Waals surface area (Å²) < 4.78 is 1.27. The van der Waals surface area contributed by atoms with Crippen LogP contribution in [0.25, 0.3) is 10.1 Å².